The normalized spacial score (nSPS) is 12.0. The predicted octanol–water partition coefficient (Wildman–Crippen LogP) is 1.66. The number of ether oxygens (including phenoxy) is 2. The molecule has 1 aromatic carbocycles. The number of carbonyl (C=O) groups is 1. The van der Waals surface area contributed by atoms with Crippen molar-refractivity contribution in [3.05, 3.63) is 29.6 Å². The second-order valence-corrected chi connectivity index (χ2v) is 3.62. The third-order valence-electron chi connectivity index (χ3n) is 2.33. The Morgan fingerprint density at radius 1 is 1.47 bits per heavy atom. The van der Waals surface area contributed by atoms with Crippen LogP contribution in [0.15, 0.2) is 18.2 Å². The highest BCUT2D eigenvalue weighted by atomic mass is 19.1. The number of methoxy groups -OCH3 is 2. The minimum atomic E-state index is -0.446. The molecule has 0 aromatic heterocycles. The Labute approximate surface area is 99.7 Å². The summed E-state index contributed by atoms with van der Waals surface area (Å²) in [5.41, 5.74) is 0.674. The summed E-state index contributed by atoms with van der Waals surface area (Å²) >= 11 is 0. The molecular formula is C12H16FNO3. The molecular weight excluding hydrogens is 225 g/mol. The fourth-order valence-electron chi connectivity index (χ4n) is 1.45. The monoisotopic (exact) mass is 241 g/mol. The van der Waals surface area contributed by atoms with E-state index in [1.165, 1.54) is 26.4 Å². The lowest BCUT2D eigenvalue weighted by molar-refractivity contribution is -0.125. The highest BCUT2D eigenvalue weighted by Crippen LogP contribution is 2.21. The highest BCUT2D eigenvalue weighted by molar-refractivity contribution is 5.77. The van der Waals surface area contributed by atoms with Crippen LogP contribution in [-0.2, 0) is 9.53 Å². The van der Waals surface area contributed by atoms with Crippen LogP contribution >= 0.6 is 0 Å². The number of amides is 1. The van der Waals surface area contributed by atoms with Gasteiger partial charge in [-0.3, -0.25) is 4.79 Å². The smallest absolute Gasteiger partial charge is 0.246 e. The third kappa shape index (κ3) is 3.71. The van der Waals surface area contributed by atoms with Crippen LogP contribution in [0.3, 0.4) is 0 Å². The van der Waals surface area contributed by atoms with Crippen molar-refractivity contribution in [3.8, 4) is 5.75 Å². The van der Waals surface area contributed by atoms with E-state index in [0.29, 0.717) is 5.56 Å². The van der Waals surface area contributed by atoms with E-state index in [1.807, 2.05) is 0 Å². The van der Waals surface area contributed by atoms with Gasteiger partial charge in [-0.15, -0.1) is 0 Å². The lowest BCUT2D eigenvalue weighted by Gasteiger charge is -2.14. The topological polar surface area (TPSA) is 47.6 Å². The Hall–Kier alpha value is -1.62. The number of carbonyl (C=O) groups excluding carboxylic acids is 1. The van der Waals surface area contributed by atoms with Crippen molar-refractivity contribution >= 4 is 5.91 Å². The average Bonchev–Trinajstić information content (AvgIpc) is 2.29. The van der Waals surface area contributed by atoms with Gasteiger partial charge in [0.2, 0.25) is 5.91 Å². The molecule has 1 atom stereocenters. The first-order valence-corrected chi connectivity index (χ1v) is 5.20. The number of hydrogen-bond donors (Lipinski definition) is 1. The molecule has 94 valence electrons. The summed E-state index contributed by atoms with van der Waals surface area (Å²) in [4.78, 5) is 11.3. The van der Waals surface area contributed by atoms with E-state index in [9.17, 15) is 9.18 Å². The van der Waals surface area contributed by atoms with Crippen molar-refractivity contribution in [2.24, 2.45) is 0 Å². The molecule has 0 heterocycles. The molecule has 0 spiro atoms. The number of hydrogen-bond acceptors (Lipinski definition) is 3. The lowest BCUT2D eigenvalue weighted by atomic mass is 10.1. The van der Waals surface area contributed by atoms with Gasteiger partial charge in [-0.2, -0.15) is 0 Å². The molecule has 4 nitrogen and oxygen atoms in total. The van der Waals surface area contributed by atoms with Crippen LogP contribution < -0.4 is 10.1 Å². The summed E-state index contributed by atoms with van der Waals surface area (Å²) in [6, 6.07) is 4.30. The van der Waals surface area contributed by atoms with E-state index in [0.717, 1.165) is 0 Å². The molecule has 0 radical (unpaired) electrons. The van der Waals surface area contributed by atoms with Crippen LogP contribution in [0.2, 0.25) is 0 Å². The molecule has 5 heteroatoms. The Bertz CT molecular complexity index is 395. The van der Waals surface area contributed by atoms with Crippen LogP contribution in [0.25, 0.3) is 0 Å². The minimum Gasteiger partial charge on any atom is -0.494 e. The van der Waals surface area contributed by atoms with E-state index in [-0.39, 0.29) is 24.3 Å². The minimum absolute atomic E-state index is 0.0109. The van der Waals surface area contributed by atoms with Crippen molar-refractivity contribution in [3.63, 3.8) is 0 Å². The number of nitrogens with one attached hydrogen (secondary N) is 1. The second-order valence-electron chi connectivity index (χ2n) is 3.62. The molecule has 0 bridgehead atoms. The molecule has 1 rings (SSSR count). The van der Waals surface area contributed by atoms with E-state index < -0.39 is 5.82 Å². The molecule has 0 aliphatic rings. The average molecular weight is 241 g/mol. The molecule has 1 N–H and O–H groups in total. The highest BCUT2D eigenvalue weighted by Gasteiger charge is 2.11. The van der Waals surface area contributed by atoms with Gasteiger partial charge in [0.05, 0.1) is 13.2 Å². The van der Waals surface area contributed by atoms with E-state index in [1.54, 1.807) is 13.0 Å². The fraction of sp³-hybridized carbons (Fsp3) is 0.417. The largest absolute Gasteiger partial charge is 0.494 e. The maximum Gasteiger partial charge on any atom is 0.246 e. The van der Waals surface area contributed by atoms with Gasteiger partial charge in [-0.25, -0.2) is 4.39 Å². The molecule has 0 fully saturated rings. The lowest BCUT2D eigenvalue weighted by Crippen LogP contribution is -2.29. The van der Waals surface area contributed by atoms with Gasteiger partial charge in [0, 0.05) is 7.11 Å². The Balaban J connectivity index is 2.72. The molecule has 0 saturated carbocycles. The quantitative estimate of drug-likeness (QED) is 0.852. The van der Waals surface area contributed by atoms with Crippen molar-refractivity contribution in [1.82, 2.24) is 5.32 Å². The van der Waals surface area contributed by atoms with Crippen LogP contribution in [0, 0.1) is 5.82 Å². The van der Waals surface area contributed by atoms with Crippen molar-refractivity contribution in [2.75, 3.05) is 20.8 Å². The van der Waals surface area contributed by atoms with E-state index in [2.05, 4.69) is 5.32 Å². The second kappa shape index (κ2) is 6.20. The summed E-state index contributed by atoms with van der Waals surface area (Å²) in [5, 5.41) is 2.69. The zero-order valence-corrected chi connectivity index (χ0v) is 10.1. The van der Waals surface area contributed by atoms with Crippen molar-refractivity contribution in [2.45, 2.75) is 13.0 Å². The van der Waals surface area contributed by atoms with Gasteiger partial charge >= 0.3 is 0 Å². The predicted molar refractivity (Wildman–Crippen MR) is 61.4 cm³/mol. The van der Waals surface area contributed by atoms with Gasteiger partial charge in [-0.1, -0.05) is 6.07 Å². The summed E-state index contributed by atoms with van der Waals surface area (Å²) in [6.45, 7) is 1.76. The Kier molecular flexibility index (Phi) is 4.90. The maximum atomic E-state index is 13.4. The third-order valence-corrected chi connectivity index (χ3v) is 2.33. The Morgan fingerprint density at radius 2 is 2.18 bits per heavy atom. The van der Waals surface area contributed by atoms with E-state index >= 15 is 0 Å². The molecule has 0 aliphatic heterocycles. The molecule has 0 saturated heterocycles. The summed E-state index contributed by atoms with van der Waals surface area (Å²) in [5.74, 6) is -0.502. The standard InChI is InChI=1S/C12H16FNO3/c1-8(14-12(15)7-16-2)9-4-5-11(17-3)10(13)6-9/h4-6,8H,7H2,1-3H3,(H,14,15)/t8-/m1/s1. The van der Waals surface area contributed by atoms with Crippen LogP contribution in [0.5, 0.6) is 5.75 Å². The first-order chi connectivity index (χ1) is 8.08. The zero-order valence-electron chi connectivity index (χ0n) is 10.1. The first-order valence-electron chi connectivity index (χ1n) is 5.20. The van der Waals surface area contributed by atoms with Gasteiger partial charge in [0.15, 0.2) is 11.6 Å². The summed E-state index contributed by atoms with van der Waals surface area (Å²) < 4.78 is 22.9. The van der Waals surface area contributed by atoms with Crippen LogP contribution in [0.1, 0.15) is 18.5 Å². The van der Waals surface area contributed by atoms with Crippen molar-refractivity contribution < 1.29 is 18.7 Å². The molecule has 1 amide bonds. The Morgan fingerprint density at radius 3 is 2.71 bits per heavy atom. The zero-order chi connectivity index (χ0) is 12.8. The van der Waals surface area contributed by atoms with Crippen molar-refractivity contribution in [1.29, 1.82) is 0 Å². The van der Waals surface area contributed by atoms with Gasteiger partial charge in [0.25, 0.3) is 0 Å². The van der Waals surface area contributed by atoms with Crippen LogP contribution in [0.4, 0.5) is 4.39 Å². The SMILES string of the molecule is COCC(=O)N[C@H](C)c1ccc(OC)c(F)c1. The number of benzene rings is 1. The number of halogens is 1. The molecule has 17 heavy (non-hydrogen) atoms. The summed E-state index contributed by atoms with van der Waals surface area (Å²) in [6.07, 6.45) is 0. The fourth-order valence-corrected chi connectivity index (χ4v) is 1.45. The number of rotatable bonds is 5. The van der Waals surface area contributed by atoms with Gasteiger partial charge in [0.1, 0.15) is 6.61 Å². The maximum absolute atomic E-state index is 13.4. The summed E-state index contributed by atoms with van der Waals surface area (Å²) in [7, 11) is 2.85. The molecule has 0 unspecified atom stereocenters. The first kappa shape index (κ1) is 13.4. The van der Waals surface area contributed by atoms with Crippen LogP contribution in [-0.4, -0.2) is 26.7 Å². The van der Waals surface area contributed by atoms with E-state index in [4.69, 9.17) is 9.47 Å². The van der Waals surface area contributed by atoms with Gasteiger partial charge in [-0.05, 0) is 24.6 Å². The molecule has 1 aromatic rings. The molecule has 0 aliphatic carbocycles. The van der Waals surface area contributed by atoms with Gasteiger partial charge < -0.3 is 14.8 Å².